The number of hydrogen-bond donors (Lipinski definition) is 1. The zero-order valence-electron chi connectivity index (χ0n) is 17.3. The number of hydrogen-bond acceptors (Lipinski definition) is 3. The van der Waals surface area contributed by atoms with Crippen molar-refractivity contribution in [1.29, 1.82) is 0 Å². The maximum atomic E-state index is 12.8. The van der Waals surface area contributed by atoms with Crippen LogP contribution in [-0.2, 0) is 27.8 Å². The topological polar surface area (TPSA) is 69.7 Å². The largest absolute Gasteiger partial charge is 0.348 e. The van der Waals surface area contributed by atoms with Gasteiger partial charge in [-0.3, -0.25) is 4.79 Å². The first-order valence-corrected chi connectivity index (χ1v) is 11.3. The van der Waals surface area contributed by atoms with Gasteiger partial charge in [0.15, 0.2) is 0 Å². The van der Waals surface area contributed by atoms with Crippen LogP contribution < -0.4 is 9.62 Å². The van der Waals surface area contributed by atoms with E-state index < -0.39 is 10.2 Å². The van der Waals surface area contributed by atoms with E-state index in [9.17, 15) is 13.2 Å². The lowest BCUT2D eigenvalue weighted by Crippen LogP contribution is -2.46. The van der Waals surface area contributed by atoms with E-state index in [2.05, 4.69) is 23.5 Å². The average Bonchev–Trinajstić information content (AvgIpc) is 2.72. The van der Waals surface area contributed by atoms with Gasteiger partial charge < -0.3 is 5.32 Å². The molecule has 3 rings (SSSR count). The molecule has 1 aliphatic rings. The van der Waals surface area contributed by atoms with Crippen molar-refractivity contribution in [2.75, 3.05) is 24.9 Å². The summed E-state index contributed by atoms with van der Waals surface area (Å²) in [6, 6.07) is 14.9. The highest BCUT2D eigenvalue weighted by atomic mass is 32.2. The van der Waals surface area contributed by atoms with Gasteiger partial charge in [0.2, 0.25) is 5.91 Å². The SMILES string of the molecule is C[C@@H](NC(=O)CN(c1ccccc1)S(=O)(=O)N(C)C)c1ccc2c(c1)CCCC2. The Balaban J connectivity index is 1.75. The van der Waals surface area contributed by atoms with Crippen molar-refractivity contribution < 1.29 is 13.2 Å². The monoisotopic (exact) mass is 415 g/mol. The third-order valence-corrected chi connectivity index (χ3v) is 7.14. The molecule has 1 aliphatic carbocycles. The minimum atomic E-state index is -3.79. The van der Waals surface area contributed by atoms with Crippen LogP contribution in [0.25, 0.3) is 0 Å². The Morgan fingerprint density at radius 1 is 1.03 bits per heavy atom. The predicted octanol–water partition coefficient (Wildman–Crippen LogP) is 3.06. The number of nitrogens with zero attached hydrogens (tertiary/aromatic N) is 2. The number of amides is 1. The van der Waals surface area contributed by atoms with E-state index in [1.54, 1.807) is 24.3 Å². The van der Waals surface area contributed by atoms with E-state index in [-0.39, 0.29) is 18.5 Å². The number of carbonyl (C=O) groups is 1. The molecule has 0 fully saturated rings. The number of para-hydroxylation sites is 1. The van der Waals surface area contributed by atoms with E-state index in [0.717, 1.165) is 27.0 Å². The summed E-state index contributed by atoms with van der Waals surface area (Å²) in [6.07, 6.45) is 4.62. The Hall–Kier alpha value is -2.38. The first-order chi connectivity index (χ1) is 13.8. The summed E-state index contributed by atoms with van der Waals surface area (Å²) in [6.45, 7) is 1.65. The molecule has 0 heterocycles. The second kappa shape index (κ2) is 8.97. The van der Waals surface area contributed by atoms with Crippen molar-refractivity contribution in [2.24, 2.45) is 0 Å². The van der Waals surface area contributed by atoms with Gasteiger partial charge in [0, 0.05) is 14.1 Å². The summed E-state index contributed by atoms with van der Waals surface area (Å²) >= 11 is 0. The molecule has 6 nitrogen and oxygen atoms in total. The maximum absolute atomic E-state index is 12.8. The normalized spacial score (nSPS) is 14.9. The van der Waals surface area contributed by atoms with E-state index in [1.807, 2.05) is 13.0 Å². The third kappa shape index (κ3) is 4.97. The van der Waals surface area contributed by atoms with Crippen molar-refractivity contribution in [3.8, 4) is 0 Å². The molecule has 1 atom stereocenters. The third-order valence-electron chi connectivity index (χ3n) is 5.32. The molecule has 1 N–H and O–H groups in total. The Labute approximate surface area is 173 Å². The lowest BCUT2D eigenvalue weighted by molar-refractivity contribution is -0.120. The molecule has 0 unspecified atom stereocenters. The maximum Gasteiger partial charge on any atom is 0.304 e. The summed E-state index contributed by atoms with van der Waals surface area (Å²) in [5, 5.41) is 2.95. The van der Waals surface area contributed by atoms with Crippen LogP contribution in [0, 0.1) is 0 Å². The molecule has 1 amide bonds. The molecule has 2 aromatic carbocycles. The van der Waals surface area contributed by atoms with Gasteiger partial charge in [0.1, 0.15) is 6.54 Å². The number of nitrogens with one attached hydrogen (secondary N) is 1. The fraction of sp³-hybridized carbons (Fsp3) is 0.409. The molecule has 0 radical (unpaired) electrons. The Bertz CT molecular complexity index is 959. The first kappa shape index (κ1) is 21.3. The number of aryl methyl sites for hydroxylation is 2. The van der Waals surface area contributed by atoms with Crippen molar-refractivity contribution in [2.45, 2.75) is 38.6 Å². The van der Waals surface area contributed by atoms with Crippen LogP contribution in [0.5, 0.6) is 0 Å². The molecular weight excluding hydrogens is 386 g/mol. The fourth-order valence-electron chi connectivity index (χ4n) is 3.62. The van der Waals surface area contributed by atoms with Crippen LogP contribution >= 0.6 is 0 Å². The quantitative estimate of drug-likeness (QED) is 0.756. The molecule has 0 spiro atoms. The highest BCUT2D eigenvalue weighted by Crippen LogP contribution is 2.25. The Morgan fingerprint density at radius 2 is 1.69 bits per heavy atom. The molecule has 29 heavy (non-hydrogen) atoms. The summed E-state index contributed by atoms with van der Waals surface area (Å²) in [5.41, 5.74) is 4.25. The van der Waals surface area contributed by atoms with Gasteiger partial charge in [-0.25, -0.2) is 4.31 Å². The highest BCUT2D eigenvalue weighted by Gasteiger charge is 2.27. The zero-order chi connectivity index (χ0) is 21.0. The van der Waals surface area contributed by atoms with Crippen molar-refractivity contribution in [1.82, 2.24) is 9.62 Å². The second-order valence-electron chi connectivity index (χ2n) is 7.66. The molecule has 2 aromatic rings. The van der Waals surface area contributed by atoms with Crippen molar-refractivity contribution in [3.05, 3.63) is 65.2 Å². The van der Waals surface area contributed by atoms with Crippen molar-refractivity contribution in [3.63, 3.8) is 0 Å². The van der Waals surface area contributed by atoms with E-state index in [1.165, 1.54) is 38.1 Å². The molecule has 0 saturated carbocycles. The summed E-state index contributed by atoms with van der Waals surface area (Å²) in [7, 11) is -0.879. The van der Waals surface area contributed by atoms with Crippen LogP contribution in [-0.4, -0.2) is 39.3 Å². The van der Waals surface area contributed by atoms with E-state index in [0.29, 0.717) is 5.69 Å². The summed E-state index contributed by atoms with van der Waals surface area (Å²) < 4.78 is 27.7. The van der Waals surface area contributed by atoms with Crippen LogP contribution in [0.15, 0.2) is 48.5 Å². The highest BCUT2D eigenvalue weighted by molar-refractivity contribution is 7.90. The Morgan fingerprint density at radius 3 is 2.34 bits per heavy atom. The number of fused-ring (bicyclic) bond motifs is 1. The van der Waals surface area contributed by atoms with E-state index >= 15 is 0 Å². The lowest BCUT2D eigenvalue weighted by atomic mass is 9.89. The predicted molar refractivity (Wildman–Crippen MR) is 116 cm³/mol. The van der Waals surface area contributed by atoms with Gasteiger partial charge in [0.05, 0.1) is 11.7 Å². The van der Waals surface area contributed by atoms with E-state index in [4.69, 9.17) is 0 Å². The van der Waals surface area contributed by atoms with Gasteiger partial charge in [-0.05, 0) is 61.4 Å². The Kier molecular flexibility index (Phi) is 6.59. The zero-order valence-corrected chi connectivity index (χ0v) is 18.1. The number of benzene rings is 2. The lowest BCUT2D eigenvalue weighted by Gasteiger charge is -2.27. The number of carbonyl (C=O) groups excluding carboxylic acids is 1. The molecule has 0 aromatic heterocycles. The number of anilines is 1. The molecular formula is C22H29N3O3S. The smallest absolute Gasteiger partial charge is 0.304 e. The molecule has 0 bridgehead atoms. The van der Waals surface area contributed by atoms with Crippen molar-refractivity contribution >= 4 is 21.8 Å². The van der Waals surface area contributed by atoms with Gasteiger partial charge in [0.25, 0.3) is 0 Å². The van der Waals surface area contributed by atoms with Crippen LogP contribution in [0.4, 0.5) is 5.69 Å². The average molecular weight is 416 g/mol. The van der Waals surface area contributed by atoms with Crippen LogP contribution in [0.2, 0.25) is 0 Å². The molecule has 7 heteroatoms. The summed E-state index contributed by atoms with van der Waals surface area (Å²) in [5.74, 6) is -0.343. The summed E-state index contributed by atoms with van der Waals surface area (Å²) in [4.78, 5) is 12.7. The fourth-order valence-corrected chi connectivity index (χ4v) is 4.68. The first-order valence-electron chi connectivity index (χ1n) is 9.95. The van der Waals surface area contributed by atoms with Crippen LogP contribution in [0.1, 0.15) is 42.5 Å². The van der Waals surface area contributed by atoms with Gasteiger partial charge in [-0.2, -0.15) is 12.7 Å². The second-order valence-corrected chi connectivity index (χ2v) is 9.72. The minimum Gasteiger partial charge on any atom is -0.348 e. The van der Waals surface area contributed by atoms with Gasteiger partial charge in [-0.15, -0.1) is 0 Å². The standard InChI is InChI=1S/C22H29N3O3S/c1-17(19-14-13-18-9-7-8-10-20(18)15-19)23-22(26)16-25(29(27,28)24(2)3)21-11-5-4-6-12-21/h4-6,11-15,17H,7-10,16H2,1-3H3,(H,23,26)/t17-/m1/s1. The minimum absolute atomic E-state index is 0.200. The van der Waals surface area contributed by atoms with Crippen LogP contribution in [0.3, 0.4) is 0 Å². The number of rotatable bonds is 7. The molecule has 0 saturated heterocycles. The molecule has 0 aliphatic heterocycles. The van der Waals surface area contributed by atoms with Gasteiger partial charge >= 0.3 is 10.2 Å². The van der Waals surface area contributed by atoms with Gasteiger partial charge in [-0.1, -0.05) is 36.4 Å². The molecule has 156 valence electrons.